The fraction of sp³-hybridized carbons (Fsp3) is 0.688. The molecule has 0 radical (unpaired) electrons. The minimum absolute atomic E-state index is 0.0209. The third-order valence-electron chi connectivity index (χ3n) is 2.54. The maximum atomic E-state index is 12.1. The van der Waals surface area contributed by atoms with Gasteiger partial charge in [-0.1, -0.05) is 6.58 Å². The summed E-state index contributed by atoms with van der Waals surface area (Å²) >= 11 is 6.43. The van der Waals surface area contributed by atoms with Crippen LogP contribution in [0.3, 0.4) is 0 Å². The normalized spacial score (nSPS) is 11.6. The van der Waals surface area contributed by atoms with Crippen molar-refractivity contribution in [1.29, 1.82) is 0 Å². The van der Waals surface area contributed by atoms with E-state index < -0.39 is 21.0 Å². The molecule has 24 heavy (non-hydrogen) atoms. The number of carbonyl (C=O) groups is 3. The Morgan fingerprint density at radius 2 is 1.25 bits per heavy atom. The molecule has 1 amide bonds. The summed E-state index contributed by atoms with van der Waals surface area (Å²) in [5, 5.41) is 0. The van der Waals surface area contributed by atoms with E-state index in [2.05, 4.69) is 38.4 Å². The number of rotatable bonds is 9. The van der Waals surface area contributed by atoms with Gasteiger partial charge in [0.25, 0.3) is 0 Å². The average molecular weight is 471 g/mol. The summed E-state index contributed by atoms with van der Waals surface area (Å²) in [5.41, 5.74) is 0.332. The monoisotopic (exact) mass is 469 g/mol. The van der Waals surface area contributed by atoms with Crippen molar-refractivity contribution in [2.75, 3.05) is 13.1 Å². The third-order valence-corrected chi connectivity index (χ3v) is 2.86. The molecule has 138 valence electrons. The number of carbonyl (C=O) groups excluding carboxylic acids is 3. The molecule has 0 saturated heterocycles. The van der Waals surface area contributed by atoms with Gasteiger partial charge in [0, 0.05) is 18.7 Å². The van der Waals surface area contributed by atoms with Gasteiger partial charge in [0.15, 0.2) is 9.02 Å². The van der Waals surface area contributed by atoms with E-state index >= 15 is 0 Å². The van der Waals surface area contributed by atoms with Crippen molar-refractivity contribution in [3.63, 3.8) is 0 Å². The first-order valence-electron chi connectivity index (χ1n) is 7.47. The molecule has 0 aliphatic heterocycles. The van der Waals surface area contributed by atoms with Crippen LogP contribution in [0.5, 0.6) is 0 Å². The highest BCUT2D eigenvalue weighted by atomic mass is 79.9. The molecule has 0 aromatic carbocycles. The molecule has 6 nitrogen and oxygen atoms in total. The molecular formula is C16H25Br2NO5. The molecule has 8 heteroatoms. The minimum Gasteiger partial charge on any atom is -0.448 e. The molecule has 0 saturated carbocycles. The van der Waals surface area contributed by atoms with Gasteiger partial charge in [-0.15, -0.1) is 0 Å². The first-order valence-corrected chi connectivity index (χ1v) is 9.06. The number of esters is 2. The van der Waals surface area contributed by atoms with Gasteiger partial charge in [-0.3, -0.25) is 14.4 Å². The summed E-state index contributed by atoms with van der Waals surface area (Å²) < 4.78 is 8.75. The third kappa shape index (κ3) is 11.6. The Labute approximate surface area is 160 Å². The first-order chi connectivity index (χ1) is 10.7. The maximum absolute atomic E-state index is 12.1. The molecule has 0 fully saturated rings. The fourth-order valence-corrected chi connectivity index (χ4v) is 2.04. The van der Waals surface area contributed by atoms with Crippen LogP contribution in [0.1, 0.15) is 47.5 Å². The molecule has 0 aliphatic rings. The van der Waals surface area contributed by atoms with Crippen LogP contribution in [0.2, 0.25) is 0 Å². The molecule has 0 unspecified atom stereocenters. The smallest absolute Gasteiger partial charge is 0.308 e. The molecule has 0 atom stereocenters. The Balaban J connectivity index is 4.66. The highest BCUT2D eigenvalue weighted by Gasteiger charge is 2.23. The molecule has 0 aliphatic carbocycles. The van der Waals surface area contributed by atoms with Crippen molar-refractivity contribution in [2.45, 2.75) is 56.5 Å². The zero-order chi connectivity index (χ0) is 19.1. The molecule has 0 N–H and O–H groups in total. The second kappa shape index (κ2) is 9.56. The number of alkyl halides is 2. The van der Waals surface area contributed by atoms with Gasteiger partial charge in [-0.25, -0.2) is 0 Å². The number of halogens is 2. The summed E-state index contributed by atoms with van der Waals surface area (Å²) in [7, 11) is 0. The fourth-order valence-electron chi connectivity index (χ4n) is 1.68. The van der Waals surface area contributed by atoms with E-state index in [0.717, 1.165) is 0 Å². The second-order valence-corrected chi connectivity index (χ2v) is 10.1. The van der Waals surface area contributed by atoms with Crippen molar-refractivity contribution in [2.24, 2.45) is 0 Å². The SMILES string of the molecule is C=C(C)C(=O)N(CCC(=O)OC(C)(C)Br)CCC(=O)OC(C)(C)Br. The maximum Gasteiger partial charge on any atom is 0.308 e. The van der Waals surface area contributed by atoms with Crippen LogP contribution in [0, 0.1) is 0 Å². The topological polar surface area (TPSA) is 72.9 Å². The van der Waals surface area contributed by atoms with Gasteiger partial charge in [-0.2, -0.15) is 0 Å². The van der Waals surface area contributed by atoms with E-state index in [1.165, 1.54) is 4.90 Å². The van der Waals surface area contributed by atoms with Crippen molar-refractivity contribution >= 4 is 49.7 Å². The number of ether oxygens (including phenoxy) is 2. The molecule has 0 aromatic heterocycles. The second-order valence-electron chi connectivity index (χ2n) is 6.25. The van der Waals surface area contributed by atoms with E-state index in [1.807, 2.05) is 0 Å². The van der Waals surface area contributed by atoms with E-state index in [-0.39, 0.29) is 31.8 Å². The van der Waals surface area contributed by atoms with Gasteiger partial charge in [0.2, 0.25) is 5.91 Å². The summed E-state index contributed by atoms with van der Waals surface area (Å²) in [6.45, 7) is 12.2. The summed E-state index contributed by atoms with van der Waals surface area (Å²) in [5.74, 6) is -1.20. The number of hydrogen-bond acceptors (Lipinski definition) is 5. The Hall–Kier alpha value is -0.890. The summed E-state index contributed by atoms with van der Waals surface area (Å²) in [6, 6.07) is 0. The van der Waals surface area contributed by atoms with Crippen LogP contribution in [-0.4, -0.2) is 44.9 Å². The van der Waals surface area contributed by atoms with Crippen molar-refractivity contribution in [3.05, 3.63) is 12.2 Å². The van der Waals surface area contributed by atoms with Crippen LogP contribution in [-0.2, 0) is 23.9 Å². The van der Waals surface area contributed by atoms with Gasteiger partial charge in [0.05, 0.1) is 12.8 Å². The van der Waals surface area contributed by atoms with E-state index in [9.17, 15) is 14.4 Å². The first kappa shape index (κ1) is 23.1. The lowest BCUT2D eigenvalue weighted by atomic mass is 10.2. The lowest BCUT2D eigenvalue weighted by Crippen LogP contribution is -2.36. The van der Waals surface area contributed by atoms with E-state index in [4.69, 9.17) is 9.47 Å². The quantitative estimate of drug-likeness (QED) is 0.293. The highest BCUT2D eigenvalue weighted by molar-refractivity contribution is 9.10. The van der Waals surface area contributed by atoms with Crippen LogP contribution in [0.15, 0.2) is 12.2 Å². The number of amides is 1. The molecule has 0 rings (SSSR count). The van der Waals surface area contributed by atoms with E-state index in [1.54, 1.807) is 34.6 Å². The van der Waals surface area contributed by atoms with Gasteiger partial charge >= 0.3 is 11.9 Å². The number of nitrogens with zero attached hydrogens (tertiary/aromatic N) is 1. The Kier molecular flexibility index (Phi) is 9.20. The van der Waals surface area contributed by atoms with Crippen molar-refractivity contribution in [3.8, 4) is 0 Å². The lowest BCUT2D eigenvalue weighted by Gasteiger charge is -2.24. The zero-order valence-corrected chi connectivity index (χ0v) is 18.0. The predicted molar refractivity (Wildman–Crippen MR) is 98.8 cm³/mol. The Bertz CT molecular complexity index is 460. The summed E-state index contributed by atoms with van der Waals surface area (Å²) in [4.78, 5) is 37.1. The summed E-state index contributed by atoms with van der Waals surface area (Å²) in [6.07, 6.45) is 0.0417. The highest BCUT2D eigenvalue weighted by Crippen LogP contribution is 2.19. The number of hydrogen-bond donors (Lipinski definition) is 0. The Morgan fingerprint density at radius 1 is 0.917 bits per heavy atom. The van der Waals surface area contributed by atoms with Gasteiger partial charge < -0.3 is 14.4 Å². The van der Waals surface area contributed by atoms with Crippen LogP contribution >= 0.6 is 31.9 Å². The largest absolute Gasteiger partial charge is 0.448 e. The molecule has 0 spiro atoms. The van der Waals surface area contributed by atoms with E-state index in [0.29, 0.717) is 5.57 Å². The Morgan fingerprint density at radius 3 is 1.50 bits per heavy atom. The van der Waals surface area contributed by atoms with Crippen molar-refractivity contribution < 1.29 is 23.9 Å². The predicted octanol–water partition coefficient (Wildman–Crippen LogP) is 3.52. The molecule has 0 aromatic rings. The van der Waals surface area contributed by atoms with Crippen molar-refractivity contribution in [1.82, 2.24) is 4.90 Å². The lowest BCUT2D eigenvalue weighted by molar-refractivity contribution is -0.149. The van der Waals surface area contributed by atoms with Gasteiger partial charge in [0.1, 0.15) is 0 Å². The molecule has 0 heterocycles. The van der Waals surface area contributed by atoms with Crippen LogP contribution in [0.25, 0.3) is 0 Å². The molecular weight excluding hydrogens is 446 g/mol. The average Bonchev–Trinajstić information content (AvgIpc) is 2.33. The molecule has 0 bridgehead atoms. The standard InChI is InChI=1S/C16H25Br2NO5/c1-11(2)14(22)19(9-7-12(20)23-15(3,4)17)10-8-13(21)24-16(5,6)18/h1,7-10H2,2-6H3. The minimum atomic E-state index is -0.765. The van der Waals surface area contributed by atoms with Gasteiger partial charge in [-0.05, 0) is 66.5 Å². The van der Waals surface area contributed by atoms with Crippen LogP contribution < -0.4 is 0 Å². The zero-order valence-electron chi connectivity index (χ0n) is 14.8. The van der Waals surface area contributed by atoms with Crippen LogP contribution in [0.4, 0.5) is 0 Å².